The first-order chi connectivity index (χ1) is 11.1. The van der Waals surface area contributed by atoms with Crippen molar-refractivity contribution in [2.45, 2.75) is 13.1 Å². The molecule has 0 fully saturated rings. The Bertz CT molecular complexity index is 637. The van der Waals surface area contributed by atoms with Crippen molar-refractivity contribution in [1.82, 2.24) is 5.32 Å². The van der Waals surface area contributed by atoms with Crippen LogP contribution >= 0.6 is 0 Å². The number of ether oxygens (including phenoxy) is 2. The highest BCUT2D eigenvalue weighted by atomic mass is 16.5. The summed E-state index contributed by atoms with van der Waals surface area (Å²) in [6, 6.07) is 14.5. The van der Waals surface area contributed by atoms with Crippen LogP contribution in [0.3, 0.4) is 0 Å². The van der Waals surface area contributed by atoms with Gasteiger partial charge in [-0.2, -0.15) is 0 Å². The zero-order chi connectivity index (χ0) is 16.7. The first kappa shape index (κ1) is 16.7. The fraction of sp³-hybridized carbons (Fsp3) is 0.222. The summed E-state index contributed by atoms with van der Waals surface area (Å²) in [5, 5.41) is 3.28. The van der Waals surface area contributed by atoms with Crippen LogP contribution in [0, 0.1) is 0 Å². The molecule has 0 saturated heterocycles. The third-order valence-corrected chi connectivity index (χ3v) is 3.35. The van der Waals surface area contributed by atoms with Crippen LogP contribution in [0.4, 0.5) is 0 Å². The fourth-order valence-corrected chi connectivity index (χ4v) is 2.20. The van der Waals surface area contributed by atoms with Gasteiger partial charge in [0.15, 0.2) is 0 Å². The number of rotatable bonds is 6. The van der Waals surface area contributed by atoms with Gasteiger partial charge in [-0.25, -0.2) is 9.59 Å². The normalized spacial score (nSPS) is 10.2. The standard InChI is InChI=1S/C18H19NO4/c1-22-17(20)15-7-3-5-13(9-15)11-19-12-14-6-4-8-16(10-14)18(21)23-2/h3-10,19H,11-12H2,1-2H3. The molecule has 1 N–H and O–H groups in total. The van der Waals surface area contributed by atoms with Gasteiger partial charge in [-0.15, -0.1) is 0 Å². The van der Waals surface area contributed by atoms with Gasteiger partial charge in [0, 0.05) is 13.1 Å². The smallest absolute Gasteiger partial charge is 0.337 e. The Morgan fingerprint density at radius 1 is 0.826 bits per heavy atom. The zero-order valence-corrected chi connectivity index (χ0v) is 13.2. The van der Waals surface area contributed by atoms with E-state index in [4.69, 9.17) is 9.47 Å². The van der Waals surface area contributed by atoms with Crippen molar-refractivity contribution in [3.05, 3.63) is 70.8 Å². The van der Waals surface area contributed by atoms with Gasteiger partial charge in [-0.3, -0.25) is 0 Å². The number of esters is 2. The lowest BCUT2D eigenvalue weighted by Crippen LogP contribution is -2.14. The van der Waals surface area contributed by atoms with Crippen LogP contribution in [-0.2, 0) is 22.6 Å². The van der Waals surface area contributed by atoms with Crippen LogP contribution in [0.2, 0.25) is 0 Å². The molecule has 5 nitrogen and oxygen atoms in total. The quantitative estimate of drug-likeness (QED) is 0.830. The molecular weight excluding hydrogens is 294 g/mol. The largest absolute Gasteiger partial charge is 0.465 e. The number of nitrogens with one attached hydrogen (secondary N) is 1. The Balaban J connectivity index is 1.95. The maximum absolute atomic E-state index is 11.5. The lowest BCUT2D eigenvalue weighted by atomic mass is 10.1. The fourth-order valence-electron chi connectivity index (χ4n) is 2.20. The van der Waals surface area contributed by atoms with Crippen molar-refractivity contribution in [1.29, 1.82) is 0 Å². The monoisotopic (exact) mass is 313 g/mol. The molecule has 0 spiro atoms. The van der Waals surface area contributed by atoms with Crippen LogP contribution < -0.4 is 5.32 Å². The predicted octanol–water partition coefficient (Wildman–Crippen LogP) is 2.55. The van der Waals surface area contributed by atoms with Crippen molar-refractivity contribution in [2.75, 3.05) is 14.2 Å². The van der Waals surface area contributed by atoms with Crippen LogP contribution in [-0.4, -0.2) is 26.2 Å². The van der Waals surface area contributed by atoms with E-state index in [0.717, 1.165) is 11.1 Å². The van der Waals surface area contributed by atoms with Crippen molar-refractivity contribution in [2.24, 2.45) is 0 Å². The molecule has 0 aromatic heterocycles. The Morgan fingerprint density at radius 3 is 1.65 bits per heavy atom. The molecule has 0 unspecified atom stereocenters. The summed E-state index contributed by atoms with van der Waals surface area (Å²) in [6.07, 6.45) is 0. The second-order valence-corrected chi connectivity index (χ2v) is 4.99. The highest BCUT2D eigenvalue weighted by molar-refractivity contribution is 5.89. The molecule has 0 aliphatic rings. The molecule has 2 aromatic carbocycles. The summed E-state index contributed by atoms with van der Waals surface area (Å²) in [5.41, 5.74) is 3.02. The van der Waals surface area contributed by atoms with E-state index >= 15 is 0 Å². The van der Waals surface area contributed by atoms with Gasteiger partial charge in [-0.1, -0.05) is 24.3 Å². The van der Waals surface area contributed by atoms with E-state index in [9.17, 15) is 9.59 Å². The molecule has 23 heavy (non-hydrogen) atoms. The van der Waals surface area contributed by atoms with Gasteiger partial charge >= 0.3 is 11.9 Å². The molecule has 2 aromatic rings. The number of hydrogen-bond acceptors (Lipinski definition) is 5. The second kappa shape index (κ2) is 8.10. The molecule has 120 valence electrons. The Kier molecular flexibility index (Phi) is 5.88. The highest BCUT2D eigenvalue weighted by Crippen LogP contribution is 2.09. The van der Waals surface area contributed by atoms with Crippen LogP contribution in [0.25, 0.3) is 0 Å². The highest BCUT2D eigenvalue weighted by Gasteiger charge is 2.07. The van der Waals surface area contributed by atoms with Crippen LogP contribution in [0.5, 0.6) is 0 Å². The van der Waals surface area contributed by atoms with E-state index in [-0.39, 0.29) is 11.9 Å². The number of carbonyl (C=O) groups is 2. The zero-order valence-electron chi connectivity index (χ0n) is 13.2. The minimum absolute atomic E-state index is 0.349. The summed E-state index contributed by atoms with van der Waals surface area (Å²) in [6.45, 7) is 1.21. The third-order valence-electron chi connectivity index (χ3n) is 3.35. The summed E-state index contributed by atoms with van der Waals surface area (Å²) in [7, 11) is 2.73. The van der Waals surface area contributed by atoms with Crippen molar-refractivity contribution in [3.8, 4) is 0 Å². The average Bonchev–Trinajstić information content (AvgIpc) is 2.61. The van der Waals surface area contributed by atoms with E-state index in [1.165, 1.54) is 14.2 Å². The SMILES string of the molecule is COC(=O)c1cccc(CNCc2cccc(C(=O)OC)c2)c1. The third kappa shape index (κ3) is 4.66. The molecule has 0 radical (unpaired) electrons. The molecule has 0 aliphatic heterocycles. The van der Waals surface area contributed by atoms with E-state index < -0.39 is 0 Å². The lowest BCUT2D eigenvalue weighted by molar-refractivity contribution is 0.0592. The number of carbonyl (C=O) groups excluding carboxylic acids is 2. The summed E-state index contributed by atoms with van der Waals surface area (Å²) in [4.78, 5) is 23.0. The van der Waals surface area contributed by atoms with E-state index in [0.29, 0.717) is 24.2 Å². The summed E-state index contributed by atoms with van der Waals surface area (Å²) >= 11 is 0. The number of benzene rings is 2. The minimum Gasteiger partial charge on any atom is -0.465 e. The van der Waals surface area contributed by atoms with Crippen LogP contribution in [0.1, 0.15) is 31.8 Å². The molecule has 2 rings (SSSR count). The average molecular weight is 313 g/mol. The summed E-state index contributed by atoms with van der Waals surface area (Å²) < 4.78 is 9.42. The van der Waals surface area contributed by atoms with Crippen LogP contribution in [0.15, 0.2) is 48.5 Å². The van der Waals surface area contributed by atoms with E-state index in [2.05, 4.69) is 5.32 Å². The van der Waals surface area contributed by atoms with Gasteiger partial charge in [0.2, 0.25) is 0 Å². The molecule has 0 amide bonds. The maximum atomic E-state index is 11.5. The Labute approximate surface area is 135 Å². The first-order valence-electron chi connectivity index (χ1n) is 7.19. The maximum Gasteiger partial charge on any atom is 0.337 e. The number of hydrogen-bond donors (Lipinski definition) is 1. The molecular formula is C18H19NO4. The van der Waals surface area contributed by atoms with Gasteiger partial charge in [0.25, 0.3) is 0 Å². The predicted molar refractivity (Wildman–Crippen MR) is 86.1 cm³/mol. The first-order valence-corrected chi connectivity index (χ1v) is 7.19. The number of methoxy groups -OCH3 is 2. The molecule has 0 atom stereocenters. The molecule has 5 heteroatoms. The van der Waals surface area contributed by atoms with Gasteiger partial charge in [0.1, 0.15) is 0 Å². The molecule has 0 aliphatic carbocycles. The lowest BCUT2D eigenvalue weighted by Gasteiger charge is -2.08. The minimum atomic E-state index is -0.349. The molecule has 0 bridgehead atoms. The van der Waals surface area contributed by atoms with Crippen molar-refractivity contribution < 1.29 is 19.1 Å². The topological polar surface area (TPSA) is 64.6 Å². The van der Waals surface area contributed by atoms with Crippen molar-refractivity contribution in [3.63, 3.8) is 0 Å². The van der Waals surface area contributed by atoms with Crippen molar-refractivity contribution >= 4 is 11.9 Å². The Hall–Kier alpha value is -2.66. The van der Waals surface area contributed by atoms with E-state index in [1.807, 2.05) is 24.3 Å². The van der Waals surface area contributed by atoms with E-state index in [1.54, 1.807) is 24.3 Å². The Morgan fingerprint density at radius 2 is 1.26 bits per heavy atom. The van der Waals surface area contributed by atoms with Gasteiger partial charge < -0.3 is 14.8 Å². The molecule has 0 saturated carbocycles. The second-order valence-electron chi connectivity index (χ2n) is 4.99. The van der Waals surface area contributed by atoms with Gasteiger partial charge in [0.05, 0.1) is 25.3 Å². The summed E-state index contributed by atoms with van der Waals surface area (Å²) in [5.74, 6) is -0.699. The van der Waals surface area contributed by atoms with Gasteiger partial charge in [-0.05, 0) is 35.4 Å². The molecule has 0 heterocycles.